The van der Waals surface area contributed by atoms with Gasteiger partial charge in [-0.25, -0.2) is 4.98 Å². The highest BCUT2D eigenvalue weighted by Crippen LogP contribution is 2.33. The summed E-state index contributed by atoms with van der Waals surface area (Å²) in [6.07, 6.45) is 5.10. The van der Waals surface area contributed by atoms with Crippen LogP contribution in [0.25, 0.3) is 10.9 Å². The Labute approximate surface area is 112 Å². The number of rotatable bonds is 5. The summed E-state index contributed by atoms with van der Waals surface area (Å²) in [7, 11) is 0. The first-order valence-electron chi connectivity index (χ1n) is 6.56. The molecule has 0 bridgehead atoms. The van der Waals surface area contributed by atoms with Crippen molar-refractivity contribution in [2.24, 2.45) is 0 Å². The number of hydrogen-bond acceptors (Lipinski definition) is 3. The van der Waals surface area contributed by atoms with Crippen molar-refractivity contribution in [3.63, 3.8) is 0 Å². The molecule has 3 rings (SSSR count). The summed E-state index contributed by atoms with van der Waals surface area (Å²) in [5, 5.41) is 1.00. The molecule has 1 fully saturated rings. The van der Waals surface area contributed by atoms with Gasteiger partial charge < -0.3 is 4.90 Å². The second-order valence-corrected chi connectivity index (χ2v) is 4.88. The van der Waals surface area contributed by atoms with Crippen molar-refractivity contribution in [2.75, 3.05) is 11.4 Å². The van der Waals surface area contributed by atoms with Crippen LogP contribution in [0.2, 0.25) is 0 Å². The maximum atomic E-state index is 11.3. The minimum Gasteiger partial charge on any atom is -0.349 e. The van der Waals surface area contributed by atoms with Crippen molar-refractivity contribution in [2.45, 2.75) is 18.9 Å². The zero-order valence-corrected chi connectivity index (χ0v) is 10.7. The maximum absolute atomic E-state index is 11.3. The van der Waals surface area contributed by atoms with E-state index in [2.05, 4.69) is 16.5 Å². The number of carbonyl (C=O) groups excluding carboxylic acids is 1. The van der Waals surface area contributed by atoms with Crippen LogP contribution in [0, 0.1) is 0 Å². The Hall–Kier alpha value is -2.16. The minimum atomic E-state index is 0.505. The van der Waals surface area contributed by atoms with E-state index in [-0.39, 0.29) is 0 Å². The zero-order valence-electron chi connectivity index (χ0n) is 10.7. The Morgan fingerprint density at radius 1 is 1.37 bits per heavy atom. The van der Waals surface area contributed by atoms with Crippen molar-refractivity contribution < 1.29 is 4.79 Å². The molecule has 0 N–H and O–H groups in total. The molecule has 1 aromatic carbocycles. The molecule has 0 spiro atoms. The lowest BCUT2D eigenvalue weighted by Gasteiger charge is -2.23. The minimum absolute atomic E-state index is 0.505. The first kappa shape index (κ1) is 11.9. The number of fused-ring (bicyclic) bond motifs is 1. The second-order valence-electron chi connectivity index (χ2n) is 4.88. The quantitative estimate of drug-likeness (QED) is 0.605. The maximum Gasteiger partial charge on any atom is 0.153 e. The Kier molecular flexibility index (Phi) is 3.03. The topological polar surface area (TPSA) is 33.2 Å². The zero-order chi connectivity index (χ0) is 13.2. The molecule has 0 amide bonds. The predicted octanol–water partition coefficient (Wildman–Crippen LogP) is 3.20. The van der Waals surface area contributed by atoms with Gasteiger partial charge in [-0.2, -0.15) is 0 Å². The lowest BCUT2D eigenvalue weighted by atomic mass is 10.1. The molecule has 3 heteroatoms. The summed E-state index contributed by atoms with van der Waals surface area (Å²) in [5.41, 5.74) is 1.59. The molecule has 0 aliphatic heterocycles. The lowest BCUT2D eigenvalue weighted by molar-refractivity contribution is 0.112. The van der Waals surface area contributed by atoms with Crippen LogP contribution in [0.15, 0.2) is 43.0 Å². The SMILES string of the molecule is C=CCN(c1nc2ccccc2cc1C=O)C1CC1. The van der Waals surface area contributed by atoms with Crippen LogP contribution < -0.4 is 4.90 Å². The Morgan fingerprint density at radius 2 is 2.16 bits per heavy atom. The number of hydrogen-bond donors (Lipinski definition) is 0. The molecule has 96 valence electrons. The van der Waals surface area contributed by atoms with Crippen LogP contribution in [-0.4, -0.2) is 23.9 Å². The van der Waals surface area contributed by atoms with Crippen molar-refractivity contribution in [1.82, 2.24) is 4.98 Å². The number of aldehydes is 1. The fourth-order valence-electron chi connectivity index (χ4n) is 2.37. The van der Waals surface area contributed by atoms with Gasteiger partial charge in [0, 0.05) is 18.0 Å². The van der Waals surface area contributed by atoms with Gasteiger partial charge in [-0.3, -0.25) is 4.79 Å². The summed E-state index contributed by atoms with van der Waals surface area (Å²) in [4.78, 5) is 18.2. The van der Waals surface area contributed by atoms with Crippen LogP contribution in [0.5, 0.6) is 0 Å². The molecule has 3 nitrogen and oxygen atoms in total. The second kappa shape index (κ2) is 4.84. The van der Waals surface area contributed by atoms with E-state index < -0.39 is 0 Å². The van der Waals surface area contributed by atoms with Gasteiger partial charge in [-0.05, 0) is 25.0 Å². The van der Waals surface area contributed by atoms with Crippen molar-refractivity contribution in [1.29, 1.82) is 0 Å². The van der Waals surface area contributed by atoms with E-state index in [0.717, 1.165) is 29.6 Å². The van der Waals surface area contributed by atoms with Crippen molar-refractivity contribution in [3.05, 3.63) is 48.6 Å². The van der Waals surface area contributed by atoms with E-state index in [1.54, 1.807) is 0 Å². The standard InChI is InChI=1S/C16H16N2O/c1-2-9-18(14-7-8-14)16-13(11-19)10-12-5-3-4-6-15(12)17-16/h2-6,10-11,14H,1,7-9H2. The van der Waals surface area contributed by atoms with E-state index in [9.17, 15) is 4.79 Å². The van der Waals surface area contributed by atoms with Gasteiger partial charge in [-0.1, -0.05) is 24.3 Å². The monoisotopic (exact) mass is 252 g/mol. The molecular weight excluding hydrogens is 236 g/mol. The molecule has 0 atom stereocenters. The van der Waals surface area contributed by atoms with E-state index in [4.69, 9.17) is 0 Å². The molecule has 2 aromatic rings. The van der Waals surface area contributed by atoms with Gasteiger partial charge in [0.25, 0.3) is 0 Å². The van der Waals surface area contributed by atoms with E-state index in [0.29, 0.717) is 11.6 Å². The van der Waals surface area contributed by atoms with Crippen LogP contribution in [0.3, 0.4) is 0 Å². The number of aromatic nitrogens is 1. The Bertz CT molecular complexity index is 632. The summed E-state index contributed by atoms with van der Waals surface area (Å²) in [5.74, 6) is 0.788. The van der Waals surface area contributed by atoms with Crippen LogP contribution >= 0.6 is 0 Å². The average molecular weight is 252 g/mol. The van der Waals surface area contributed by atoms with E-state index in [1.165, 1.54) is 12.8 Å². The van der Waals surface area contributed by atoms with Crippen LogP contribution in [0.4, 0.5) is 5.82 Å². The smallest absolute Gasteiger partial charge is 0.153 e. The first-order valence-corrected chi connectivity index (χ1v) is 6.56. The molecular formula is C16H16N2O. The van der Waals surface area contributed by atoms with Gasteiger partial charge in [-0.15, -0.1) is 6.58 Å². The van der Waals surface area contributed by atoms with Gasteiger partial charge in [0.2, 0.25) is 0 Å². The molecule has 0 unspecified atom stereocenters. The Morgan fingerprint density at radius 3 is 2.84 bits per heavy atom. The molecule has 1 heterocycles. The normalized spacial score (nSPS) is 14.3. The van der Waals surface area contributed by atoms with Crippen molar-refractivity contribution in [3.8, 4) is 0 Å². The molecule has 1 aliphatic carbocycles. The third kappa shape index (κ3) is 2.24. The van der Waals surface area contributed by atoms with E-state index in [1.807, 2.05) is 36.4 Å². The van der Waals surface area contributed by atoms with Crippen LogP contribution in [-0.2, 0) is 0 Å². The predicted molar refractivity (Wildman–Crippen MR) is 77.7 cm³/mol. The van der Waals surface area contributed by atoms with Gasteiger partial charge in [0.05, 0.1) is 11.1 Å². The Balaban J connectivity index is 2.14. The van der Waals surface area contributed by atoms with Gasteiger partial charge in [0.1, 0.15) is 5.82 Å². The number of benzene rings is 1. The summed E-state index contributed by atoms with van der Waals surface area (Å²) < 4.78 is 0. The number of para-hydroxylation sites is 1. The molecule has 1 aliphatic rings. The summed E-state index contributed by atoms with van der Waals surface area (Å²) in [6, 6.07) is 10.3. The number of pyridine rings is 1. The average Bonchev–Trinajstić information content (AvgIpc) is 3.28. The molecule has 1 aromatic heterocycles. The highest BCUT2D eigenvalue weighted by molar-refractivity contribution is 5.92. The molecule has 1 saturated carbocycles. The van der Waals surface area contributed by atoms with E-state index >= 15 is 0 Å². The fourth-order valence-corrected chi connectivity index (χ4v) is 2.37. The van der Waals surface area contributed by atoms with Crippen LogP contribution in [0.1, 0.15) is 23.2 Å². The summed E-state index contributed by atoms with van der Waals surface area (Å²) >= 11 is 0. The fraction of sp³-hybridized carbons (Fsp3) is 0.250. The highest BCUT2D eigenvalue weighted by Gasteiger charge is 2.30. The number of carbonyl (C=O) groups is 1. The molecule has 0 radical (unpaired) electrons. The molecule has 0 saturated heterocycles. The third-order valence-electron chi connectivity index (χ3n) is 3.44. The first-order chi connectivity index (χ1) is 9.33. The third-order valence-corrected chi connectivity index (χ3v) is 3.44. The number of anilines is 1. The highest BCUT2D eigenvalue weighted by atomic mass is 16.1. The largest absolute Gasteiger partial charge is 0.349 e. The summed E-state index contributed by atoms with van der Waals surface area (Å²) in [6.45, 7) is 4.53. The lowest BCUT2D eigenvalue weighted by Crippen LogP contribution is -2.27. The van der Waals surface area contributed by atoms with Gasteiger partial charge >= 0.3 is 0 Å². The van der Waals surface area contributed by atoms with Crippen molar-refractivity contribution >= 4 is 23.0 Å². The number of nitrogens with zero attached hydrogens (tertiary/aromatic N) is 2. The molecule has 19 heavy (non-hydrogen) atoms. The van der Waals surface area contributed by atoms with Gasteiger partial charge in [0.15, 0.2) is 6.29 Å².